The van der Waals surface area contributed by atoms with Gasteiger partial charge in [-0.1, -0.05) is 42.5 Å². The second-order valence-electron chi connectivity index (χ2n) is 3.97. The summed E-state index contributed by atoms with van der Waals surface area (Å²) in [6.07, 6.45) is 0. The van der Waals surface area contributed by atoms with Gasteiger partial charge in [-0.3, -0.25) is 4.55 Å². The molecule has 0 heterocycles. The van der Waals surface area contributed by atoms with Gasteiger partial charge in [0.05, 0.1) is 0 Å². The molecule has 0 saturated heterocycles. The lowest BCUT2D eigenvalue weighted by atomic mass is 9.99. The van der Waals surface area contributed by atoms with Gasteiger partial charge < -0.3 is 5.73 Å². The largest absolute Gasteiger partial charge is 0.398 e. The number of anilines is 1. The number of rotatable bonds is 3. The first-order valence-corrected chi connectivity index (χ1v) is 6.96. The van der Waals surface area contributed by atoms with Gasteiger partial charge in [0.2, 0.25) is 0 Å². The molecule has 18 heavy (non-hydrogen) atoms. The van der Waals surface area contributed by atoms with Crippen molar-refractivity contribution in [3.05, 3.63) is 54.1 Å². The summed E-state index contributed by atoms with van der Waals surface area (Å²) in [5, 5.41) is 0. The van der Waals surface area contributed by atoms with Gasteiger partial charge in [-0.15, -0.1) is 0 Å². The molecular formula is C13H13NO3S. The summed E-state index contributed by atoms with van der Waals surface area (Å²) in [5.74, 6) is -0.419. The van der Waals surface area contributed by atoms with Gasteiger partial charge in [0.1, 0.15) is 5.75 Å². The minimum absolute atomic E-state index is 0.419. The quantitative estimate of drug-likeness (QED) is 0.658. The Hall–Kier alpha value is -1.85. The van der Waals surface area contributed by atoms with E-state index in [9.17, 15) is 8.42 Å². The normalized spacial score (nSPS) is 11.4. The molecule has 2 rings (SSSR count). The molecule has 4 nitrogen and oxygen atoms in total. The van der Waals surface area contributed by atoms with Crippen LogP contribution in [-0.2, 0) is 15.9 Å². The number of nitrogens with two attached hydrogens (primary N) is 1. The average molecular weight is 263 g/mol. The third-order valence-corrected chi connectivity index (χ3v) is 3.28. The lowest BCUT2D eigenvalue weighted by molar-refractivity contribution is 0.482. The number of hydrogen-bond acceptors (Lipinski definition) is 3. The van der Waals surface area contributed by atoms with Gasteiger partial charge in [0, 0.05) is 11.3 Å². The van der Waals surface area contributed by atoms with Crippen LogP contribution in [0.4, 0.5) is 5.69 Å². The van der Waals surface area contributed by atoms with E-state index in [0.29, 0.717) is 16.8 Å². The fourth-order valence-electron chi connectivity index (χ4n) is 1.85. The Morgan fingerprint density at radius 1 is 0.944 bits per heavy atom. The van der Waals surface area contributed by atoms with Crippen molar-refractivity contribution in [3.63, 3.8) is 0 Å². The van der Waals surface area contributed by atoms with Crippen LogP contribution in [0.2, 0.25) is 0 Å². The van der Waals surface area contributed by atoms with Crippen LogP contribution >= 0.6 is 0 Å². The van der Waals surface area contributed by atoms with E-state index in [4.69, 9.17) is 10.3 Å². The van der Waals surface area contributed by atoms with E-state index >= 15 is 0 Å². The molecule has 0 aliphatic heterocycles. The Balaban J connectivity index is 2.56. The maximum Gasteiger partial charge on any atom is 0.269 e. The predicted molar refractivity (Wildman–Crippen MR) is 71.5 cm³/mol. The number of nitrogen functional groups attached to an aromatic ring is 1. The molecule has 0 unspecified atom stereocenters. The van der Waals surface area contributed by atoms with Crippen LogP contribution in [0.25, 0.3) is 11.1 Å². The molecule has 5 heteroatoms. The summed E-state index contributed by atoms with van der Waals surface area (Å²) in [7, 11) is -4.06. The smallest absolute Gasteiger partial charge is 0.269 e. The number of hydrogen-bond donors (Lipinski definition) is 2. The minimum Gasteiger partial charge on any atom is -0.398 e. The van der Waals surface area contributed by atoms with Gasteiger partial charge in [-0.2, -0.15) is 8.42 Å². The number of para-hydroxylation sites is 1. The molecule has 0 aliphatic rings. The standard InChI is InChI=1S/C13H13NO3S/c14-13-8-4-3-7-12(13)11-6-2-1-5-10(11)9-18(15,16)17/h1-8H,9,14H2,(H,15,16,17). The van der Waals surface area contributed by atoms with Crippen molar-refractivity contribution in [1.82, 2.24) is 0 Å². The molecule has 0 bridgehead atoms. The third-order valence-electron chi connectivity index (χ3n) is 2.61. The topological polar surface area (TPSA) is 80.4 Å². The van der Waals surface area contributed by atoms with Crippen molar-refractivity contribution in [2.24, 2.45) is 0 Å². The highest BCUT2D eigenvalue weighted by Crippen LogP contribution is 2.29. The molecule has 2 aromatic carbocycles. The van der Waals surface area contributed by atoms with Crippen LogP contribution in [0.3, 0.4) is 0 Å². The van der Waals surface area contributed by atoms with Crippen molar-refractivity contribution in [3.8, 4) is 11.1 Å². The zero-order valence-electron chi connectivity index (χ0n) is 9.58. The summed E-state index contributed by atoms with van der Waals surface area (Å²) >= 11 is 0. The highest BCUT2D eigenvalue weighted by molar-refractivity contribution is 7.85. The SMILES string of the molecule is Nc1ccccc1-c1ccccc1CS(=O)(=O)O. The minimum atomic E-state index is -4.06. The first kappa shape index (κ1) is 12.6. The van der Waals surface area contributed by atoms with E-state index in [-0.39, 0.29) is 0 Å². The zero-order valence-corrected chi connectivity index (χ0v) is 10.4. The lowest BCUT2D eigenvalue weighted by Gasteiger charge is -2.10. The van der Waals surface area contributed by atoms with Gasteiger partial charge in [0.15, 0.2) is 0 Å². The third kappa shape index (κ3) is 2.88. The Bertz CT molecular complexity index is 665. The molecule has 0 radical (unpaired) electrons. The Kier molecular flexibility index (Phi) is 3.36. The van der Waals surface area contributed by atoms with Crippen molar-refractivity contribution >= 4 is 15.8 Å². The molecule has 0 aromatic heterocycles. The maximum atomic E-state index is 11.0. The van der Waals surface area contributed by atoms with Crippen LogP contribution in [0.5, 0.6) is 0 Å². The molecular weight excluding hydrogens is 250 g/mol. The van der Waals surface area contributed by atoms with E-state index < -0.39 is 15.9 Å². The molecule has 3 N–H and O–H groups in total. The summed E-state index contributed by atoms with van der Waals surface area (Å²) in [6.45, 7) is 0. The van der Waals surface area contributed by atoms with E-state index in [1.54, 1.807) is 30.3 Å². The second kappa shape index (κ2) is 4.80. The zero-order chi connectivity index (χ0) is 13.2. The highest BCUT2D eigenvalue weighted by atomic mass is 32.2. The van der Waals surface area contributed by atoms with Gasteiger partial charge in [0.25, 0.3) is 10.1 Å². The lowest BCUT2D eigenvalue weighted by Crippen LogP contribution is -2.03. The average Bonchev–Trinajstić information content (AvgIpc) is 2.29. The van der Waals surface area contributed by atoms with E-state index in [2.05, 4.69) is 0 Å². The van der Waals surface area contributed by atoms with Crippen LogP contribution in [0.1, 0.15) is 5.56 Å². The van der Waals surface area contributed by atoms with E-state index in [1.165, 1.54) is 0 Å². The predicted octanol–water partition coefficient (Wildman–Crippen LogP) is 2.32. The molecule has 0 fully saturated rings. The Morgan fingerprint density at radius 3 is 2.11 bits per heavy atom. The summed E-state index contributed by atoms with van der Waals surface area (Å²) < 4.78 is 30.9. The molecule has 0 atom stereocenters. The van der Waals surface area contributed by atoms with Crippen molar-refractivity contribution < 1.29 is 13.0 Å². The van der Waals surface area contributed by atoms with Gasteiger partial charge >= 0.3 is 0 Å². The summed E-state index contributed by atoms with van der Waals surface area (Å²) in [4.78, 5) is 0. The first-order chi connectivity index (χ1) is 8.47. The van der Waals surface area contributed by atoms with Crippen molar-refractivity contribution in [2.45, 2.75) is 5.75 Å². The number of benzene rings is 2. The molecule has 2 aromatic rings. The first-order valence-electron chi connectivity index (χ1n) is 5.35. The fourth-order valence-corrected chi connectivity index (χ4v) is 2.49. The van der Waals surface area contributed by atoms with Crippen LogP contribution in [-0.4, -0.2) is 13.0 Å². The maximum absolute atomic E-state index is 11.0. The van der Waals surface area contributed by atoms with Crippen molar-refractivity contribution in [2.75, 3.05) is 5.73 Å². The van der Waals surface area contributed by atoms with Crippen LogP contribution in [0.15, 0.2) is 48.5 Å². The highest BCUT2D eigenvalue weighted by Gasteiger charge is 2.12. The molecule has 0 amide bonds. The van der Waals surface area contributed by atoms with E-state index in [0.717, 1.165) is 5.56 Å². The fraction of sp³-hybridized carbons (Fsp3) is 0.0769. The van der Waals surface area contributed by atoms with Gasteiger partial charge in [-0.25, -0.2) is 0 Å². The van der Waals surface area contributed by atoms with Crippen LogP contribution < -0.4 is 5.73 Å². The summed E-state index contributed by atoms with van der Waals surface area (Å²) in [5.41, 5.74) is 8.45. The monoisotopic (exact) mass is 263 g/mol. The Morgan fingerprint density at radius 2 is 1.50 bits per heavy atom. The van der Waals surface area contributed by atoms with Gasteiger partial charge in [-0.05, 0) is 17.2 Å². The molecule has 0 saturated carbocycles. The molecule has 94 valence electrons. The molecule has 0 aliphatic carbocycles. The molecule has 0 spiro atoms. The van der Waals surface area contributed by atoms with Crippen molar-refractivity contribution in [1.29, 1.82) is 0 Å². The van der Waals surface area contributed by atoms with Crippen LogP contribution in [0, 0.1) is 0 Å². The second-order valence-corrected chi connectivity index (χ2v) is 5.42. The Labute approximate surface area is 106 Å². The van der Waals surface area contributed by atoms with E-state index in [1.807, 2.05) is 18.2 Å². The summed E-state index contributed by atoms with van der Waals surface area (Å²) in [6, 6.07) is 14.2.